The molecule has 2 aromatic rings. The van der Waals surface area contributed by atoms with E-state index in [2.05, 4.69) is 49.9 Å². The van der Waals surface area contributed by atoms with Gasteiger partial charge in [0.25, 0.3) is 0 Å². The Kier molecular flexibility index (Phi) is 4.05. The average Bonchev–Trinajstić information content (AvgIpc) is 2.95. The number of nitrogens with one attached hydrogen (secondary N) is 1. The van der Waals surface area contributed by atoms with Crippen molar-refractivity contribution < 1.29 is 0 Å². The van der Waals surface area contributed by atoms with E-state index in [1.807, 2.05) is 0 Å². The topological polar surface area (TPSA) is 41.0 Å². The smallest absolute Gasteiger partial charge is 0.202 e. The third kappa shape index (κ3) is 3.52. The number of benzene rings is 1. The maximum Gasteiger partial charge on any atom is 0.202 e. The number of hydrogen-bond acceptors (Lipinski definition) is 5. The molecule has 0 bridgehead atoms. The lowest BCUT2D eigenvalue weighted by Gasteiger charge is -2.32. The van der Waals surface area contributed by atoms with Gasteiger partial charge in [0.2, 0.25) is 5.13 Å². The maximum atomic E-state index is 4.18. The lowest BCUT2D eigenvalue weighted by atomic mass is 10.0. The highest BCUT2D eigenvalue weighted by molar-refractivity contribution is 7.09. The zero-order valence-electron chi connectivity index (χ0n) is 10.8. The van der Waals surface area contributed by atoms with E-state index in [9.17, 15) is 0 Å². The molecule has 100 valence electrons. The first-order valence-corrected chi connectivity index (χ1v) is 7.47. The third-order valence-corrected chi connectivity index (χ3v) is 4.12. The van der Waals surface area contributed by atoms with E-state index in [1.54, 1.807) is 6.33 Å². The van der Waals surface area contributed by atoms with Crippen LogP contribution in [0, 0.1) is 0 Å². The van der Waals surface area contributed by atoms with Crippen molar-refractivity contribution in [2.75, 3.05) is 18.4 Å². The summed E-state index contributed by atoms with van der Waals surface area (Å²) >= 11 is 1.43. The summed E-state index contributed by atoms with van der Waals surface area (Å²) in [6, 6.07) is 11.2. The van der Waals surface area contributed by atoms with Gasteiger partial charge in [0.05, 0.1) is 0 Å². The van der Waals surface area contributed by atoms with Crippen molar-refractivity contribution in [2.45, 2.75) is 25.4 Å². The fourth-order valence-electron chi connectivity index (χ4n) is 2.49. The van der Waals surface area contributed by atoms with Gasteiger partial charge in [0.15, 0.2) is 0 Å². The summed E-state index contributed by atoms with van der Waals surface area (Å²) in [5.41, 5.74) is 1.40. The standard InChI is InChI=1S/C14H18N4S/c1-2-4-12(5-3-1)10-18-8-6-13(7-9-18)17-14-15-11-16-19-14/h1-5,11,13H,6-10H2,(H,15,16,17). The lowest BCUT2D eigenvalue weighted by Crippen LogP contribution is -2.38. The lowest BCUT2D eigenvalue weighted by molar-refractivity contribution is 0.211. The number of aromatic nitrogens is 2. The van der Waals surface area contributed by atoms with Gasteiger partial charge >= 0.3 is 0 Å². The van der Waals surface area contributed by atoms with Crippen molar-refractivity contribution in [2.24, 2.45) is 0 Å². The van der Waals surface area contributed by atoms with Crippen LogP contribution in [0.1, 0.15) is 18.4 Å². The molecule has 1 N–H and O–H groups in total. The van der Waals surface area contributed by atoms with Gasteiger partial charge < -0.3 is 5.32 Å². The second-order valence-corrected chi connectivity index (χ2v) is 5.71. The van der Waals surface area contributed by atoms with Crippen LogP contribution in [0.5, 0.6) is 0 Å². The first kappa shape index (κ1) is 12.6. The van der Waals surface area contributed by atoms with Crippen molar-refractivity contribution in [3.63, 3.8) is 0 Å². The van der Waals surface area contributed by atoms with Gasteiger partial charge in [-0.1, -0.05) is 30.3 Å². The Hall–Kier alpha value is -1.46. The van der Waals surface area contributed by atoms with Crippen LogP contribution in [0.2, 0.25) is 0 Å². The molecule has 4 nitrogen and oxygen atoms in total. The molecule has 0 atom stereocenters. The largest absolute Gasteiger partial charge is 0.357 e. The number of nitrogens with zero attached hydrogens (tertiary/aromatic N) is 3. The molecule has 0 spiro atoms. The minimum absolute atomic E-state index is 0.542. The highest BCUT2D eigenvalue weighted by Crippen LogP contribution is 2.18. The van der Waals surface area contributed by atoms with Gasteiger partial charge in [-0.2, -0.15) is 4.37 Å². The summed E-state index contributed by atoms with van der Waals surface area (Å²) < 4.78 is 4.02. The fourth-order valence-corrected chi connectivity index (χ4v) is 3.00. The molecule has 1 aliphatic rings. The van der Waals surface area contributed by atoms with E-state index in [0.29, 0.717) is 6.04 Å². The molecule has 3 rings (SSSR count). The zero-order valence-corrected chi connectivity index (χ0v) is 11.6. The molecule has 1 aromatic carbocycles. The Morgan fingerprint density at radius 1 is 1.21 bits per heavy atom. The molecule has 0 aliphatic carbocycles. The first-order chi connectivity index (χ1) is 9.40. The molecular formula is C14H18N4S. The number of hydrogen-bond donors (Lipinski definition) is 1. The van der Waals surface area contributed by atoms with Crippen LogP contribution >= 0.6 is 11.5 Å². The fraction of sp³-hybridized carbons (Fsp3) is 0.429. The van der Waals surface area contributed by atoms with Crippen LogP contribution in [0.3, 0.4) is 0 Å². The van der Waals surface area contributed by atoms with Crippen molar-refractivity contribution >= 4 is 16.7 Å². The van der Waals surface area contributed by atoms with E-state index in [-0.39, 0.29) is 0 Å². The van der Waals surface area contributed by atoms with Crippen LogP contribution in [0.4, 0.5) is 5.13 Å². The van der Waals surface area contributed by atoms with Crippen molar-refractivity contribution in [3.8, 4) is 0 Å². The zero-order chi connectivity index (χ0) is 12.9. The summed E-state index contributed by atoms with van der Waals surface area (Å²) in [5, 5.41) is 4.41. The van der Waals surface area contributed by atoms with Gasteiger partial charge in [-0.05, 0) is 18.4 Å². The van der Waals surface area contributed by atoms with Crippen molar-refractivity contribution in [1.29, 1.82) is 0 Å². The number of rotatable bonds is 4. The normalized spacial score (nSPS) is 17.5. The summed E-state index contributed by atoms with van der Waals surface area (Å²) in [7, 11) is 0. The van der Waals surface area contributed by atoms with Gasteiger partial charge in [-0.15, -0.1) is 0 Å². The van der Waals surface area contributed by atoms with Crippen LogP contribution < -0.4 is 5.32 Å². The van der Waals surface area contributed by atoms with Crippen molar-refractivity contribution in [3.05, 3.63) is 42.2 Å². The molecule has 19 heavy (non-hydrogen) atoms. The Balaban J connectivity index is 1.47. The minimum atomic E-state index is 0.542. The summed E-state index contributed by atoms with van der Waals surface area (Å²) in [5.74, 6) is 0. The van der Waals surface area contributed by atoms with Crippen LogP contribution in [0.25, 0.3) is 0 Å². The molecule has 0 amide bonds. The van der Waals surface area contributed by atoms with E-state index >= 15 is 0 Å². The summed E-state index contributed by atoms with van der Waals surface area (Å²) in [6.45, 7) is 3.35. The quantitative estimate of drug-likeness (QED) is 0.930. The third-order valence-electron chi connectivity index (χ3n) is 3.53. The molecule has 5 heteroatoms. The summed E-state index contributed by atoms with van der Waals surface area (Å²) in [6.07, 6.45) is 3.95. The van der Waals surface area contributed by atoms with Crippen molar-refractivity contribution in [1.82, 2.24) is 14.3 Å². The molecule has 2 heterocycles. The highest BCUT2D eigenvalue weighted by atomic mass is 32.1. The molecule has 0 saturated carbocycles. The Bertz CT molecular complexity index is 477. The van der Waals surface area contributed by atoms with E-state index in [1.165, 1.54) is 29.9 Å². The van der Waals surface area contributed by atoms with E-state index in [0.717, 1.165) is 24.8 Å². The van der Waals surface area contributed by atoms with Gasteiger partial charge in [0, 0.05) is 37.2 Å². The molecule has 1 aromatic heterocycles. The number of likely N-dealkylation sites (tertiary alicyclic amines) is 1. The van der Waals surface area contributed by atoms with Gasteiger partial charge in [-0.3, -0.25) is 4.90 Å². The molecule has 0 unspecified atom stereocenters. The second kappa shape index (κ2) is 6.12. The maximum absolute atomic E-state index is 4.18. The molecule has 0 radical (unpaired) electrons. The highest BCUT2D eigenvalue weighted by Gasteiger charge is 2.19. The minimum Gasteiger partial charge on any atom is -0.357 e. The summed E-state index contributed by atoms with van der Waals surface area (Å²) in [4.78, 5) is 6.70. The molecular weight excluding hydrogens is 256 g/mol. The molecule has 1 fully saturated rings. The molecule has 1 aliphatic heterocycles. The van der Waals surface area contributed by atoms with Crippen LogP contribution in [-0.2, 0) is 6.54 Å². The van der Waals surface area contributed by atoms with Crippen LogP contribution in [-0.4, -0.2) is 33.4 Å². The second-order valence-electron chi connectivity index (χ2n) is 4.93. The Labute approximate surface area is 117 Å². The predicted molar refractivity (Wildman–Crippen MR) is 78.3 cm³/mol. The first-order valence-electron chi connectivity index (χ1n) is 6.69. The van der Waals surface area contributed by atoms with Gasteiger partial charge in [-0.25, -0.2) is 4.98 Å². The average molecular weight is 274 g/mol. The Morgan fingerprint density at radius 2 is 2.00 bits per heavy atom. The number of anilines is 1. The Morgan fingerprint density at radius 3 is 2.68 bits per heavy atom. The van der Waals surface area contributed by atoms with E-state index in [4.69, 9.17) is 0 Å². The molecule has 1 saturated heterocycles. The SMILES string of the molecule is c1ccc(CN2CCC(Nc3ncns3)CC2)cc1. The monoisotopic (exact) mass is 274 g/mol. The number of piperidine rings is 1. The predicted octanol–water partition coefficient (Wildman–Crippen LogP) is 2.61. The van der Waals surface area contributed by atoms with E-state index < -0.39 is 0 Å². The van der Waals surface area contributed by atoms with Crippen LogP contribution in [0.15, 0.2) is 36.7 Å². The van der Waals surface area contributed by atoms with Gasteiger partial charge in [0.1, 0.15) is 6.33 Å².